The van der Waals surface area contributed by atoms with Crippen LogP contribution in [0.3, 0.4) is 0 Å². The SMILES string of the molecule is CCn1cc(C(C)=O)c(=O)c2cc(F)c(N3CCN(C(=O)c4ccc(Cl)cc4)CC3)cc21. The summed E-state index contributed by atoms with van der Waals surface area (Å²) in [6, 6.07) is 9.63. The number of anilines is 1. The number of halogens is 2. The molecule has 2 aromatic carbocycles. The van der Waals surface area contributed by atoms with E-state index in [4.69, 9.17) is 11.6 Å². The first-order valence-corrected chi connectivity index (χ1v) is 10.9. The van der Waals surface area contributed by atoms with E-state index in [1.54, 1.807) is 39.8 Å². The molecule has 0 atom stereocenters. The number of carbonyl (C=O) groups excluding carboxylic acids is 2. The van der Waals surface area contributed by atoms with Crippen molar-refractivity contribution in [3.05, 3.63) is 74.8 Å². The zero-order valence-electron chi connectivity index (χ0n) is 17.9. The number of Topliss-reactive ketones (excluding diaryl/α,β-unsaturated/α-hetero) is 1. The normalized spacial score (nSPS) is 14.1. The average molecular weight is 456 g/mol. The van der Waals surface area contributed by atoms with E-state index in [1.807, 2.05) is 11.8 Å². The third-order valence-electron chi connectivity index (χ3n) is 5.87. The third kappa shape index (κ3) is 4.00. The molecule has 1 aromatic heterocycles. The fraction of sp³-hybridized carbons (Fsp3) is 0.292. The number of amides is 1. The van der Waals surface area contributed by atoms with Crippen LogP contribution in [-0.2, 0) is 6.54 Å². The van der Waals surface area contributed by atoms with Gasteiger partial charge in [0, 0.05) is 54.9 Å². The van der Waals surface area contributed by atoms with Gasteiger partial charge in [-0.2, -0.15) is 0 Å². The van der Waals surface area contributed by atoms with Crippen molar-refractivity contribution >= 4 is 39.9 Å². The van der Waals surface area contributed by atoms with Gasteiger partial charge >= 0.3 is 0 Å². The van der Waals surface area contributed by atoms with Gasteiger partial charge in [0.2, 0.25) is 0 Å². The van der Waals surface area contributed by atoms with E-state index in [-0.39, 0.29) is 22.6 Å². The number of hydrogen-bond acceptors (Lipinski definition) is 4. The Hall–Kier alpha value is -3.19. The summed E-state index contributed by atoms with van der Waals surface area (Å²) in [5, 5.41) is 0.761. The number of aryl methyl sites for hydroxylation is 1. The summed E-state index contributed by atoms with van der Waals surface area (Å²) >= 11 is 5.90. The van der Waals surface area contributed by atoms with Crippen molar-refractivity contribution < 1.29 is 14.0 Å². The zero-order valence-corrected chi connectivity index (χ0v) is 18.7. The van der Waals surface area contributed by atoms with Gasteiger partial charge in [0.05, 0.1) is 16.8 Å². The molecule has 0 spiro atoms. The van der Waals surface area contributed by atoms with Crippen molar-refractivity contribution in [3.8, 4) is 0 Å². The monoisotopic (exact) mass is 455 g/mol. The van der Waals surface area contributed by atoms with Gasteiger partial charge in [0.1, 0.15) is 5.82 Å². The molecule has 32 heavy (non-hydrogen) atoms. The van der Waals surface area contributed by atoms with Gasteiger partial charge in [-0.1, -0.05) is 11.6 Å². The molecule has 3 aromatic rings. The van der Waals surface area contributed by atoms with Crippen LogP contribution in [0.2, 0.25) is 5.02 Å². The molecule has 6 nitrogen and oxygen atoms in total. The van der Waals surface area contributed by atoms with Crippen LogP contribution >= 0.6 is 11.6 Å². The molecule has 1 fully saturated rings. The summed E-state index contributed by atoms with van der Waals surface area (Å²) in [5.41, 5.74) is 1.13. The van der Waals surface area contributed by atoms with Gasteiger partial charge in [0.15, 0.2) is 11.2 Å². The summed E-state index contributed by atoms with van der Waals surface area (Å²) in [7, 11) is 0. The van der Waals surface area contributed by atoms with Crippen LogP contribution in [0.4, 0.5) is 10.1 Å². The number of pyridine rings is 1. The van der Waals surface area contributed by atoms with Crippen LogP contribution in [0.25, 0.3) is 10.9 Å². The van der Waals surface area contributed by atoms with Gasteiger partial charge in [-0.25, -0.2) is 4.39 Å². The molecule has 0 aliphatic carbocycles. The largest absolute Gasteiger partial charge is 0.366 e. The van der Waals surface area contributed by atoms with Crippen molar-refractivity contribution in [1.82, 2.24) is 9.47 Å². The minimum absolute atomic E-state index is 0.0563. The molecule has 166 valence electrons. The fourth-order valence-corrected chi connectivity index (χ4v) is 4.21. The minimum atomic E-state index is -0.518. The second-order valence-corrected chi connectivity index (χ2v) is 8.26. The van der Waals surface area contributed by atoms with Crippen LogP contribution in [0.1, 0.15) is 34.6 Å². The molecule has 0 bridgehead atoms. The summed E-state index contributed by atoms with van der Waals surface area (Å²) in [6.07, 6.45) is 1.54. The molecular weight excluding hydrogens is 433 g/mol. The van der Waals surface area contributed by atoms with Crippen LogP contribution < -0.4 is 10.3 Å². The number of rotatable bonds is 4. The highest BCUT2D eigenvalue weighted by molar-refractivity contribution is 6.30. The number of fused-ring (bicyclic) bond motifs is 1. The number of benzene rings is 2. The fourth-order valence-electron chi connectivity index (χ4n) is 4.08. The number of hydrogen-bond donors (Lipinski definition) is 0. The Kier molecular flexibility index (Phi) is 6.02. The zero-order chi connectivity index (χ0) is 23.0. The Bertz CT molecular complexity index is 1260. The van der Waals surface area contributed by atoms with E-state index < -0.39 is 11.2 Å². The molecule has 0 N–H and O–H groups in total. The van der Waals surface area contributed by atoms with Crippen molar-refractivity contribution in [2.45, 2.75) is 20.4 Å². The minimum Gasteiger partial charge on any atom is -0.366 e. The highest BCUT2D eigenvalue weighted by atomic mass is 35.5. The first kappa shape index (κ1) is 22.0. The van der Waals surface area contributed by atoms with Gasteiger partial charge in [-0.05, 0) is 50.2 Å². The number of ketones is 1. The number of nitrogens with zero attached hydrogens (tertiary/aromatic N) is 3. The smallest absolute Gasteiger partial charge is 0.253 e. The summed E-state index contributed by atoms with van der Waals surface area (Å²) in [5.74, 6) is -0.947. The predicted molar refractivity (Wildman–Crippen MR) is 123 cm³/mol. The second-order valence-electron chi connectivity index (χ2n) is 7.82. The Morgan fingerprint density at radius 1 is 1.06 bits per heavy atom. The van der Waals surface area contributed by atoms with Gasteiger partial charge < -0.3 is 14.4 Å². The average Bonchev–Trinajstić information content (AvgIpc) is 2.79. The lowest BCUT2D eigenvalue weighted by Gasteiger charge is -2.36. The van der Waals surface area contributed by atoms with E-state index in [0.717, 1.165) is 0 Å². The molecule has 1 amide bonds. The van der Waals surface area contributed by atoms with Crippen molar-refractivity contribution in [2.24, 2.45) is 0 Å². The number of aromatic nitrogens is 1. The number of piperazine rings is 1. The van der Waals surface area contributed by atoms with E-state index in [9.17, 15) is 14.4 Å². The highest BCUT2D eigenvalue weighted by Gasteiger charge is 2.25. The standard InChI is InChI=1S/C24H23ClFN3O3/c1-3-27-14-19(15(2)30)23(31)18-12-20(26)22(13-21(18)27)28-8-10-29(11-9-28)24(32)16-4-6-17(25)7-5-16/h4-7,12-14H,3,8-11H2,1-2H3. The topological polar surface area (TPSA) is 62.6 Å². The lowest BCUT2D eigenvalue weighted by atomic mass is 10.1. The van der Waals surface area contributed by atoms with Gasteiger partial charge in [-0.15, -0.1) is 0 Å². The molecule has 1 aliphatic heterocycles. The van der Waals surface area contributed by atoms with Gasteiger partial charge in [0.25, 0.3) is 5.91 Å². The van der Waals surface area contributed by atoms with Crippen molar-refractivity contribution in [2.75, 3.05) is 31.1 Å². The lowest BCUT2D eigenvalue weighted by Crippen LogP contribution is -2.49. The lowest BCUT2D eigenvalue weighted by molar-refractivity contribution is 0.0746. The Balaban J connectivity index is 1.61. The Morgan fingerprint density at radius 2 is 1.72 bits per heavy atom. The summed E-state index contributed by atoms with van der Waals surface area (Å²) < 4.78 is 16.8. The molecule has 1 saturated heterocycles. The van der Waals surface area contributed by atoms with Crippen LogP contribution in [0.15, 0.2) is 47.4 Å². The summed E-state index contributed by atoms with van der Waals surface area (Å²) in [6.45, 7) is 5.58. The van der Waals surface area contributed by atoms with Crippen molar-refractivity contribution in [1.29, 1.82) is 0 Å². The maximum atomic E-state index is 15.0. The molecule has 1 aliphatic rings. The van der Waals surface area contributed by atoms with E-state index >= 15 is 4.39 Å². The maximum Gasteiger partial charge on any atom is 0.253 e. The molecule has 4 rings (SSSR count). The highest BCUT2D eigenvalue weighted by Crippen LogP contribution is 2.27. The van der Waals surface area contributed by atoms with E-state index in [0.29, 0.717) is 54.5 Å². The first-order chi connectivity index (χ1) is 15.3. The van der Waals surface area contributed by atoms with Crippen molar-refractivity contribution in [3.63, 3.8) is 0 Å². The molecular formula is C24H23ClFN3O3. The van der Waals surface area contributed by atoms with Crippen LogP contribution in [0.5, 0.6) is 0 Å². The number of carbonyl (C=O) groups is 2. The molecule has 0 radical (unpaired) electrons. The Labute approximate surface area is 189 Å². The molecule has 8 heteroatoms. The van der Waals surface area contributed by atoms with Crippen LogP contribution in [0, 0.1) is 5.82 Å². The third-order valence-corrected chi connectivity index (χ3v) is 6.12. The summed E-state index contributed by atoms with van der Waals surface area (Å²) in [4.78, 5) is 40.9. The van der Waals surface area contributed by atoms with E-state index in [2.05, 4.69) is 0 Å². The molecule has 0 saturated carbocycles. The maximum absolute atomic E-state index is 15.0. The first-order valence-electron chi connectivity index (χ1n) is 10.5. The van der Waals surface area contributed by atoms with Crippen LogP contribution in [-0.4, -0.2) is 47.3 Å². The molecule has 2 heterocycles. The predicted octanol–water partition coefficient (Wildman–Crippen LogP) is 3.98. The van der Waals surface area contributed by atoms with Gasteiger partial charge in [-0.3, -0.25) is 14.4 Å². The second kappa shape index (κ2) is 8.74. The van der Waals surface area contributed by atoms with E-state index in [1.165, 1.54) is 19.2 Å². The molecule has 0 unspecified atom stereocenters. The Morgan fingerprint density at radius 3 is 2.31 bits per heavy atom. The quantitative estimate of drug-likeness (QED) is 0.558.